The van der Waals surface area contributed by atoms with Crippen LogP contribution < -0.4 is 0 Å². The Kier molecular flexibility index (Phi) is 5.39. The van der Waals surface area contributed by atoms with E-state index in [2.05, 4.69) is 70.6 Å². The number of nitrogens with one attached hydrogen (secondary N) is 1. The summed E-state index contributed by atoms with van der Waals surface area (Å²) >= 11 is 0. The molecule has 29 heavy (non-hydrogen) atoms. The summed E-state index contributed by atoms with van der Waals surface area (Å²) in [7, 11) is 0. The predicted molar refractivity (Wildman–Crippen MR) is 116 cm³/mol. The molecular weight excluding hydrogens is 356 g/mol. The number of imidazole rings is 1. The molecule has 0 fully saturated rings. The molecule has 4 aromatic rings. The molecule has 0 saturated heterocycles. The molecule has 0 saturated carbocycles. The minimum Gasteiger partial charge on any atom is -0.347 e. The van der Waals surface area contributed by atoms with E-state index in [0.717, 1.165) is 34.5 Å². The van der Waals surface area contributed by atoms with Crippen molar-refractivity contribution in [2.45, 2.75) is 25.2 Å². The van der Waals surface area contributed by atoms with Crippen molar-refractivity contribution >= 4 is 5.78 Å². The molecule has 0 spiro atoms. The summed E-state index contributed by atoms with van der Waals surface area (Å²) in [6, 6.07) is 28.8. The summed E-state index contributed by atoms with van der Waals surface area (Å²) in [5, 5.41) is 0. The van der Waals surface area contributed by atoms with Crippen LogP contribution in [0.1, 0.15) is 52.6 Å². The van der Waals surface area contributed by atoms with Gasteiger partial charge in [0, 0.05) is 24.4 Å². The maximum absolute atomic E-state index is 12.4. The number of carbonyl (C=O) groups excluding carboxylic acids is 1. The van der Waals surface area contributed by atoms with Gasteiger partial charge in [0.15, 0.2) is 5.78 Å². The number of Topliss-reactive ketones (excluding diaryl/α,β-unsaturated/α-hetero) is 1. The molecule has 144 valence electrons. The lowest BCUT2D eigenvalue weighted by Gasteiger charge is -2.34. The standard InChI is InChI=1S/C26H24N2O/c1-2-9-24(29)20-14-16-23(17-15-20)26(25-27-18-19-28-25,21-10-5-3-6-11-21)22-12-7-4-8-13-22/h3-8,10-19H,2,9H2,1H3,(H,27,28). The highest BCUT2D eigenvalue weighted by Gasteiger charge is 2.40. The van der Waals surface area contributed by atoms with Gasteiger partial charge in [-0.1, -0.05) is 91.9 Å². The summed E-state index contributed by atoms with van der Waals surface area (Å²) in [4.78, 5) is 20.4. The van der Waals surface area contributed by atoms with E-state index in [4.69, 9.17) is 0 Å². The van der Waals surface area contributed by atoms with Crippen LogP contribution in [0.15, 0.2) is 97.3 Å². The molecule has 3 nitrogen and oxygen atoms in total. The van der Waals surface area contributed by atoms with E-state index in [9.17, 15) is 4.79 Å². The second-order valence-corrected chi connectivity index (χ2v) is 7.17. The smallest absolute Gasteiger partial charge is 0.162 e. The second kappa shape index (κ2) is 8.27. The minimum absolute atomic E-state index is 0.182. The van der Waals surface area contributed by atoms with Crippen molar-refractivity contribution in [2.75, 3.05) is 0 Å². The Labute approximate surface area is 171 Å². The summed E-state index contributed by atoms with van der Waals surface area (Å²) in [6.45, 7) is 2.03. The van der Waals surface area contributed by atoms with Gasteiger partial charge in [0.05, 0.1) is 0 Å². The second-order valence-electron chi connectivity index (χ2n) is 7.17. The van der Waals surface area contributed by atoms with Gasteiger partial charge in [-0.2, -0.15) is 0 Å². The Bertz CT molecular complexity index is 1010. The predicted octanol–water partition coefficient (Wildman–Crippen LogP) is 5.78. The van der Waals surface area contributed by atoms with Crippen molar-refractivity contribution in [1.29, 1.82) is 0 Å². The molecule has 3 heteroatoms. The SMILES string of the molecule is CCCC(=O)c1ccc(C(c2ccccc2)(c2ccccc2)c2ncc[nH]2)cc1. The summed E-state index contributed by atoms with van der Waals surface area (Å²) in [5.41, 5.74) is 3.46. The van der Waals surface area contributed by atoms with E-state index < -0.39 is 5.41 Å². The van der Waals surface area contributed by atoms with Gasteiger partial charge in [-0.3, -0.25) is 4.79 Å². The van der Waals surface area contributed by atoms with Gasteiger partial charge < -0.3 is 4.98 Å². The third-order valence-electron chi connectivity index (χ3n) is 5.38. The Morgan fingerprint density at radius 2 is 1.38 bits per heavy atom. The lowest BCUT2D eigenvalue weighted by Crippen LogP contribution is -2.32. The molecule has 0 bridgehead atoms. The Balaban J connectivity index is 1.97. The molecule has 1 N–H and O–H groups in total. The number of nitrogens with zero attached hydrogens (tertiary/aromatic N) is 1. The van der Waals surface area contributed by atoms with Gasteiger partial charge in [-0.25, -0.2) is 4.98 Å². The molecule has 0 unspecified atom stereocenters. The lowest BCUT2D eigenvalue weighted by molar-refractivity contribution is 0.0981. The summed E-state index contributed by atoms with van der Waals surface area (Å²) < 4.78 is 0. The van der Waals surface area contributed by atoms with Gasteiger partial charge in [0.2, 0.25) is 0 Å². The third kappa shape index (κ3) is 3.40. The van der Waals surface area contributed by atoms with Crippen molar-refractivity contribution in [1.82, 2.24) is 9.97 Å². The van der Waals surface area contributed by atoms with Crippen molar-refractivity contribution in [2.24, 2.45) is 0 Å². The van der Waals surface area contributed by atoms with E-state index in [1.807, 2.05) is 37.4 Å². The first-order valence-corrected chi connectivity index (χ1v) is 10.0. The van der Waals surface area contributed by atoms with Crippen LogP contribution in [-0.2, 0) is 5.41 Å². The third-order valence-corrected chi connectivity index (χ3v) is 5.38. The van der Waals surface area contributed by atoms with Gasteiger partial charge in [-0.15, -0.1) is 0 Å². The monoisotopic (exact) mass is 380 g/mol. The maximum atomic E-state index is 12.4. The number of carbonyl (C=O) groups is 1. The van der Waals surface area contributed by atoms with Crippen molar-refractivity contribution < 1.29 is 4.79 Å². The van der Waals surface area contributed by atoms with Crippen LogP contribution in [-0.4, -0.2) is 15.8 Å². The topological polar surface area (TPSA) is 45.8 Å². The maximum Gasteiger partial charge on any atom is 0.162 e. The first-order chi connectivity index (χ1) is 14.3. The molecule has 3 aromatic carbocycles. The number of aromatic nitrogens is 2. The van der Waals surface area contributed by atoms with Gasteiger partial charge >= 0.3 is 0 Å². The first kappa shape index (κ1) is 18.9. The summed E-state index contributed by atoms with van der Waals surface area (Å²) in [6.07, 6.45) is 5.06. The molecule has 1 heterocycles. The van der Waals surface area contributed by atoms with Crippen molar-refractivity contribution in [3.05, 3.63) is 125 Å². The first-order valence-electron chi connectivity index (χ1n) is 10.0. The molecule has 0 radical (unpaired) electrons. The van der Waals surface area contributed by atoms with Gasteiger partial charge in [0.25, 0.3) is 0 Å². The average Bonchev–Trinajstić information content (AvgIpc) is 3.32. The van der Waals surface area contributed by atoms with E-state index in [1.54, 1.807) is 6.20 Å². The lowest BCUT2D eigenvalue weighted by atomic mass is 9.68. The number of ketones is 1. The van der Waals surface area contributed by atoms with E-state index in [0.29, 0.717) is 6.42 Å². The average molecular weight is 380 g/mol. The number of hydrogen-bond donors (Lipinski definition) is 1. The fourth-order valence-electron chi connectivity index (χ4n) is 4.03. The van der Waals surface area contributed by atoms with E-state index in [1.165, 1.54) is 0 Å². The van der Waals surface area contributed by atoms with Crippen LogP contribution in [0.3, 0.4) is 0 Å². The van der Waals surface area contributed by atoms with Gasteiger partial charge in [-0.05, 0) is 23.1 Å². The highest BCUT2D eigenvalue weighted by molar-refractivity contribution is 5.96. The van der Waals surface area contributed by atoms with E-state index >= 15 is 0 Å². The normalized spacial score (nSPS) is 11.3. The fourth-order valence-corrected chi connectivity index (χ4v) is 4.03. The number of aromatic amines is 1. The molecule has 0 amide bonds. The minimum atomic E-state index is -0.599. The highest BCUT2D eigenvalue weighted by Crippen LogP contribution is 2.43. The van der Waals surface area contributed by atoms with Gasteiger partial charge in [0.1, 0.15) is 11.2 Å². The van der Waals surface area contributed by atoms with Crippen LogP contribution in [0.25, 0.3) is 0 Å². The number of rotatable bonds is 7. The summed E-state index contributed by atoms with van der Waals surface area (Å²) in [5.74, 6) is 1.03. The Hall–Kier alpha value is -3.46. The largest absolute Gasteiger partial charge is 0.347 e. The molecule has 4 rings (SSSR count). The molecule has 0 atom stereocenters. The fraction of sp³-hybridized carbons (Fsp3) is 0.154. The quantitative estimate of drug-likeness (QED) is 0.326. The number of H-pyrrole nitrogens is 1. The van der Waals surface area contributed by atoms with Crippen LogP contribution in [0.4, 0.5) is 0 Å². The van der Waals surface area contributed by atoms with Crippen LogP contribution in [0, 0.1) is 0 Å². The zero-order valence-corrected chi connectivity index (χ0v) is 16.5. The van der Waals surface area contributed by atoms with Crippen LogP contribution in [0.5, 0.6) is 0 Å². The Morgan fingerprint density at radius 1 is 0.828 bits per heavy atom. The molecular formula is C26H24N2O. The Morgan fingerprint density at radius 3 is 1.86 bits per heavy atom. The zero-order valence-electron chi connectivity index (χ0n) is 16.5. The highest BCUT2D eigenvalue weighted by atomic mass is 16.1. The number of benzene rings is 3. The molecule has 0 aliphatic carbocycles. The van der Waals surface area contributed by atoms with Crippen molar-refractivity contribution in [3.63, 3.8) is 0 Å². The van der Waals surface area contributed by atoms with E-state index in [-0.39, 0.29) is 5.78 Å². The molecule has 0 aliphatic rings. The zero-order chi connectivity index (χ0) is 20.1. The number of hydrogen-bond acceptors (Lipinski definition) is 2. The molecule has 0 aliphatic heterocycles. The van der Waals surface area contributed by atoms with Crippen molar-refractivity contribution in [3.8, 4) is 0 Å². The van der Waals surface area contributed by atoms with Crippen LogP contribution in [0.2, 0.25) is 0 Å². The van der Waals surface area contributed by atoms with Crippen LogP contribution >= 0.6 is 0 Å². The molecule has 1 aromatic heterocycles.